The van der Waals surface area contributed by atoms with Crippen molar-refractivity contribution in [3.8, 4) is 0 Å². The summed E-state index contributed by atoms with van der Waals surface area (Å²) in [6.45, 7) is 4.70. The summed E-state index contributed by atoms with van der Waals surface area (Å²) < 4.78 is 0. The molecule has 98 valence electrons. The topological polar surface area (TPSA) is 17.1 Å². The van der Waals surface area contributed by atoms with Crippen LogP contribution in [0.1, 0.15) is 52.4 Å². The van der Waals surface area contributed by atoms with Crippen molar-refractivity contribution in [3.05, 3.63) is 12.2 Å². The van der Waals surface area contributed by atoms with Crippen LogP contribution in [0.15, 0.2) is 12.2 Å². The van der Waals surface area contributed by atoms with Crippen molar-refractivity contribution in [1.82, 2.24) is 0 Å². The number of thioether (sulfide) groups is 1. The fourth-order valence-electron chi connectivity index (χ4n) is 2.71. The maximum atomic E-state index is 11.2. The summed E-state index contributed by atoms with van der Waals surface area (Å²) >= 11 is 1.30. The Labute approximate surface area is 110 Å². The van der Waals surface area contributed by atoms with Gasteiger partial charge in [0.05, 0.1) is 0 Å². The van der Waals surface area contributed by atoms with Crippen molar-refractivity contribution in [3.63, 3.8) is 0 Å². The second kappa shape index (κ2) is 7.97. The molecule has 1 fully saturated rings. The first-order valence-electron chi connectivity index (χ1n) is 6.89. The number of allylic oxidation sites excluding steroid dienone is 1. The Kier molecular flexibility index (Phi) is 6.94. The highest BCUT2D eigenvalue weighted by Crippen LogP contribution is 2.30. The molecule has 0 aliphatic heterocycles. The molecule has 0 bridgehead atoms. The lowest BCUT2D eigenvalue weighted by Gasteiger charge is -2.25. The zero-order chi connectivity index (χ0) is 12.7. The molecule has 2 heteroatoms. The third kappa shape index (κ3) is 5.76. The lowest BCUT2D eigenvalue weighted by atomic mass is 9.81. The molecule has 17 heavy (non-hydrogen) atoms. The molecule has 0 aromatic heterocycles. The van der Waals surface area contributed by atoms with Crippen LogP contribution in [0.25, 0.3) is 0 Å². The summed E-state index contributed by atoms with van der Waals surface area (Å²) in [5, 5.41) is 0.187. The van der Waals surface area contributed by atoms with E-state index in [0.29, 0.717) is 5.92 Å². The Balaban J connectivity index is 2.38. The van der Waals surface area contributed by atoms with Crippen LogP contribution in [0, 0.1) is 17.8 Å². The number of rotatable bonds is 3. The van der Waals surface area contributed by atoms with E-state index in [1.165, 1.54) is 50.3 Å². The molecule has 1 rings (SSSR count). The van der Waals surface area contributed by atoms with Gasteiger partial charge in [-0.3, -0.25) is 4.79 Å². The zero-order valence-electron chi connectivity index (χ0n) is 11.4. The molecule has 0 amide bonds. The van der Waals surface area contributed by atoms with Gasteiger partial charge in [-0.15, -0.1) is 0 Å². The molecule has 0 aromatic rings. The summed E-state index contributed by atoms with van der Waals surface area (Å²) in [5.41, 5.74) is 0. The molecule has 0 heterocycles. The van der Waals surface area contributed by atoms with Gasteiger partial charge in [0.2, 0.25) is 5.12 Å². The van der Waals surface area contributed by atoms with Gasteiger partial charge in [0, 0.05) is 0 Å². The maximum absolute atomic E-state index is 11.2. The molecule has 0 saturated heterocycles. The van der Waals surface area contributed by atoms with Crippen molar-refractivity contribution in [2.75, 3.05) is 6.26 Å². The molecule has 1 aliphatic rings. The predicted octanol–water partition coefficient (Wildman–Crippen LogP) is 4.67. The fraction of sp³-hybridized carbons (Fsp3) is 0.800. The molecule has 0 unspecified atom stereocenters. The van der Waals surface area contributed by atoms with E-state index in [1.54, 1.807) is 6.08 Å². The molecular formula is C15H26OS. The molecule has 0 spiro atoms. The lowest BCUT2D eigenvalue weighted by molar-refractivity contribution is -0.107. The predicted molar refractivity (Wildman–Crippen MR) is 77.2 cm³/mol. The zero-order valence-corrected chi connectivity index (χ0v) is 12.3. The van der Waals surface area contributed by atoms with Gasteiger partial charge in [-0.25, -0.2) is 0 Å². The Bertz CT molecular complexity index is 248. The first-order valence-corrected chi connectivity index (χ1v) is 8.12. The van der Waals surface area contributed by atoms with E-state index in [1.807, 2.05) is 6.26 Å². The van der Waals surface area contributed by atoms with E-state index in [9.17, 15) is 4.79 Å². The van der Waals surface area contributed by atoms with Crippen LogP contribution in [0.5, 0.6) is 0 Å². The van der Waals surface area contributed by atoms with E-state index in [4.69, 9.17) is 0 Å². The highest BCUT2D eigenvalue weighted by molar-refractivity contribution is 8.13. The van der Waals surface area contributed by atoms with Crippen LogP contribution in [-0.2, 0) is 4.79 Å². The number of hydrogen-bond acceptors (Lipinski definition) is 2. The first-order chi connectivity index (χ1) is 8.13. The molecule has 1 aliphatic carbocycles. The van der Waals surface area contributed by atoms with Crippen LogP contribution in [-0.4, -0.2) is 11.4 Å². The van der Waals surface area contributed by atoms with Gasteiger partial charge >= 0.3 is 0 Å². The van der Waals surface area contributed by atoms with Crippen molar-refractivity contribution in [1.29, 1.82) is 0 Å². The summed E-state index contributed by atoms with van der Waals surface area (Å²) in [7, 11) is 0. The summed E-state index contributed by atoms with van der Waals surface area (Å²) in [6.07, 6.45) is 13.7. The summed E-state index contributed by atoms with van der Waals surface area (Å²) in [5.74, 6) is 2.40. The number of carbonyl (C=O) groups is 1. The Morgan fingerprint density at radius 1 is 1.18 bits per heavy atom. The lowest BCUT2D eigenvalue weighted by Crippen LogP contribution is -2.13. The van der Waals surface area contributed by atoms with Crippen molar-refractivity contribution in [2.24, 2.45) is 17.8 Å². The monoisotopic (exact) mass is 254 g/mol. The molecule has 0 aromatic carbocycles. The Hall–Kier alpha value is -0.240. The minimum atomic E-state index is 0.187. The van der Waals surface area contributed by atoms with Gasteiger partial charge < -0.3 is 0 Å². The smallest absolute Gasteiger partial charge is 0.211 e. The van der Waals surface area contributed by atoms with Crippen molar-refractivity contribution >= 4 is 16.9 Å². The average molecular weight is 254 g/mol. The number of hydrogen-bond donors (Lipinski definition) is 0. The van der Waals surface area contributed by atoms with Gasteiger partial charge in [0.15, 0.2) is 0 Å². The van der Waals surface area contributed by atoms with Gasteiger partial charge in [0.25, 0.3) is 0 Å². The molecule has 0 N–H and O–H groups in total. The summed E-state index contributed by atoms with van der Waals surface area (Å²) in [6, 6.07) is 0. The van der Waals surface area contributed by atoms with Crippen molar-refractivity contribution < 1.29 is 4.79 Å². The largest absolute Gasteiger partial charge is 0.282 e. The van der Waals surface area contributed by atoms with Crippen LogP contribution in [0.4, 0.5) is 0 Å². The van der Waals surface area contributed by atoms with E-state index in [2.05, 4.69) is 19.9 Å². The van der Waals surface area contributed by atoms with Gasteiger partial charge in [-0.05, 0) is 42.9 Å². The summed E-state index contributed by atoms with van der Waals surface area (Å²) in [4.78, 5) is 11.2. The highest BCUT2D eigenvalue weighted by atomic mass is 32.2. The van der Waals surface area contributed by atoms with Gasteiger partial charge in [-0.1, -0.05) is 57.4 Å². The van der Waals surface area contributed by atoms with E-state index >= 15 is 0 Å². The fourth-order valence-corrected chi connectivity index (χ4v) is 2.93. The molecule has 0 radical (unpaired) electrons. The second-order valence-corrected chi connectivity index (χ2v) is 6.32. The van der Waals surface area contributed by atoms with Crippen LogP contribution in [0.2, 0.25) is 0 Å². The minimum absolute atomic E-state index is 0.187. The SMILES string of the molecule is CSC(=O)/C=C/C1CCCC(C(C)C)CCC1. The second-order valence-electron chi connectivity index (χ2n) is 5.51. The quantitative estimate of drug-likeness (QED) is 0.680. The van der Waals surface area contributed by atoms with Gasteiger partial charge in [-0.2, -0.15) is 0 Å². The Morgan fingerprint density at radius 2 is 1.76 bits per heavy atom. The standard InChI is InChI=1S/C15H26OS/c1-12(2)14-8-4-6-13(7-5-9-14)10-11-15(16)17-3/h10-14H,4-9H2,1-3H3/b11-10+. The molecule has 0 atom stereocenters. The van der Waals surface area contributed by atoms with Crippen LogP contribution in [0.3, 0.4) is 0 Å². The third-order valence-electron chi connectivity index (χ3n) is 3.95. The van der Waals surface area contributed by atoms with Crippen LogP contribution < -0.4 is 0 Å². The van der Waals surface area contributed by atoms with Crippen LogP contribution >= 0.6 is 11.8 Å². The first kappa shape index (κ1) is 14.8. The van der Waals surface area contributed by atoms with E-state index in [-0.39, 0.29) is 5.12 Å². The van der Waals surface area contributed by atoms with Crippen molar-refractivity contribution in [2.45, 2.75) is 52.4 Å². The van der Waals surface area contributed by atoms with Gasteiger partial charge in [0.1, 0.15) is 0 Å². The maximum Gasteiger partial charge on any atom is 0.211 e. The minimum Gasteiger partial charge on any atom is -0.282 e. The average Bonchev–Trinajstić information content (AvgIpc) is 2.26. The van der Waals surface area contributed by atoms with E-state index in [0.717, 1.165) is 11.8 Å². The molecular weight excluding hydrogens is 228 g/mol. The molecule has 1 nitrogen and oxygen atoms in total. The highest BCUT2D eigenvalue weighted by Gasteiger charge is 2.17. The number of carbonyl (C=O) groups excluding carboxylic acids is 1. The Morgan fingerprint density at radius 3 is 2.24 bits per heavy atom. The third-order valence-corrected chi connectivity index (χ3v) is 4.49. The molecule has 1 saturated carbocycles. The normalized spacial score (nSPS) is 27.1. The van der Waals surface area contributed by atoms with E-state index < -0.39 is 0 Å².